The first-order valence-electron chi connectivity index (χ1n) is 6.99. The third-order valence-corrected chi connectivity index (χ3v) is 3.93. The van der Waals surface area contributed by atoms with E-state index in [4.69, 9.17) is 0 Å². The first kappa shape index (κ1) is 17.1. The number of nitrogens with zero attached hydrogens (tertiary/aromatic N) is 1. The van der Waals surface area contributed by atoms with Gasteiger partial charge in [-0.3, -0.25) is 4.79 Å². The number of rotatable bonds is 8. The predicted molar refractivity (Wildman–Crippen MR) is 88.0 cm³/mol. The van der Waals surface area contributed by atoms with Gasteiger partial charge < -0.3 is 15.5 Å². The molecule has 0 aliphatic rings. The van der Waals surface area contributed by atoms with Crippen LogP contribution in [0.2, 0.25) is 0 Å². The average Bonchev–Trinajstić information content (AvgIpc) is 2.45. The Morgan fingerprint density at radius 2 is 2.00 bits per heavy atom. The Kier molecular flexibility index (Phi) is 7.80. The Hall–Kier alpha value is -0.910. The Morgan fingerprint density at radius 3 is 2.60 bits per heavy atom. The summed E-state index contributed by atoms with van der Waals surface area (Å²) in [6.07, 6.45) is 1.14. The summed E-state index contributed by atoms with van der Waals surface area (Å²) in [4.78, 5) is 14.0. The summed E-state index contributed by atoms with van der Waals surface area (Å²) in [6, 6.07) is 8.14. The van der Waals surface area contributed by atoms with E-state index in [0.29, 0.717) is 12.6 Å². The molecule has 5 heteroatoms. The van der Waals surface area contributed by atoms with Crippen LogP contribution in [-0.2, 0) is 4.79 Å². The molecule has 0 fully saturated rings. The summed E-state index contributed by atoms with van der Waals surface area (Å²) in [6.45, 7) is 6.49. The third kappa shape index (κ3) is 6.50. The minimum atomic E-state index is -0.0153. The van der Waals surface area contributed by atoms with Crippen molar-refractivity contribution in [2.75, 3.05) is 32.0 Å². The van der Waals surface area contributed by atoms with E-state index in [1.54, 1.807) is 0 Å². The normalized spacial score (nSPS) is 12.4. The molecule has 1 atom stereocenters. The molecule has 4 nitrogen and oxygen atoms in total. The maximum atomic E-state index is 11.7. The molecular weight excluding hydrogens is 318 g/mol. The van der Waals surface area contributed by atoms with Gasteiger partial charge >= 0.3 is 0 Å². The van der Waals surface area contributed by atoms with Gasteiger partial charge in [-0.15, -0.1) is 0 Å². The van der Waals surface area contributed by atoms with Crippen molar-refractivity contribution in [2.45, 2.75) is 26.3 Å². The van der Waals surface area contributed by atoms with E-state index in [2.05, 4.69) is 52.4 Å². The second-order valence-electron chi connectivity index (χ2n) is 4.97. The van der Waals surface area contributed by atoms with Crippen LogP contribution in [0.25, 0.3) is 0 Å². The van der Waals surface area contributed by atoms with E-state index < -0.39 is 0 Å². The van der Waals surface area contributed by atoms with Crippen LogP contribution in [0.15, 0.2) is 28.7 Å². The molecule has 1 amide bonds. The molecule has 0 heterocycles. The molecule has 1 aromatic carbocycles. The van der Waals surface area contributed by atoms with E-state index in [1.807, 2.05) is 24.3 Å². The highest BCUT2D eigenvalue weighted by atomic mass is 79.9. The predicted octanol–water partition coefficient (Wildman–Crippen LogP) is 2.71. The van der Waals surface area contributed by atoms with Gasteiger partial charge in [-0.05, 0) is 44.7 Å². The maximum Gasteiger partial charge on any atom is 0.238 e. The molecule has 0 aliphatic heterocycles. The zero-order valence-corrected chi connectivity index (χ0v) is 14.0. The zero-order valence-electron chi connectivity index (χ0n) is 12.4. The van der Waals surface area contributed by atoms with E-state index in [-0.39, 0.29) is 5.91 Å². The van der Waals surface area contributed by atoms with Gasteiger partial charge in [-0.2, -0.15) is 0 Å². The van der Waals surface area contributed by atoms with Crippen LogP contribution in [0.5, 0.6) is 0 Å². The molecule has 20 heavy (non-hydrogen) atoms. The number of anilines is 1. The summed E-state index contributed by atoms with van der Waals surface area (Å²) in [7, 11) is 2.11. The van der Waals surface area contributed by atoms with Crippen LogP contribution in [0.1, 0.15) is 20.3 Å². The van der Waals surface area contributed by atoms with Gasteiger partial charge in [0, 0.05) is 29.3 Å². The molecule has 1 aromatic rings. The number of benzene rings is 1. The first-order chi connectivity index (χ1) is 9.52. The van der Waals surface area contributed by atoms with Crippen LogP contribution in [0, 0.1) is 0 Å². The highest BCUT2D eigenvalue weighted by Crippen LogP contribution is 2.13. The lowest BCUT2D eigenvalue weighted by atomic mass is 10.2. The molecule has 112 valence electrons. The van der Waals surface area contributed by atoms with Crippen LogP contribution < -0.4 is 10.6 Å². The number of carbonyl (C=O) groups excluding carboxylic acids is 1. The minimum absolute atomic E-state index is 0.0153. The molecule has 2 N–H and O–H groups in total. The SMILES string of the molecule is CCC(C)N(C)CCNCC(=O)Nc1ccc(Br)cc1. The summed E-state index contributed by atoms with van der Waals surface area (Å²) in [5.74, 6) is -0.0153. The Labute approximate surface area is 130 Å². The molecule has 1 unspecified atom stereocenters. The van der Waals surface area contributed by atoms with Gasteiger partial charge in [-0.25, -0.2) is 0 Å². The largest absolute Gasteiger partial charge is 0.325 e. The van der Waals surface area contributed by atoms with Gasteiger partial charge in [0.05, 0.1) is 6.54 Å². The second-order valence-corrected chi connectivity index (χ2v) is 5.89. The monoisotopic (exact) mass is 341 g/mol. The Morgan fingerprint density at radius 1 is 1.35 bits per heavy atom. The summed E-state index contributed by atoms with van der Waals surface area (Å²) in [5, 5.41) is 6.02. The lowest BCUT2D eigenvalue weighted by molar-refractivity contribution is -0.115. The zero-order chi connectivity index (χ0) is 15.0. The van der Waals surface area contributed by atoms with Crippen molar-refractivity contribution < 1.29 is 4.79 Å². The minimum Gasteiger partial charge on any atom is -0.325 e. The molecule has 0 aliphatic carbocycles. The van der Waals surface area contributed by atoms with Crippen molar-refractivity contribution in [3.05, 3.63) is 28.7 Å². The summed E-state index contributed by atoms with van der Waals surface area (Å²) < 4.78 is 1.00. The summed E-state index contributed by atoms with van der Waals surface area (Å²) >= 11 is 3.36. The fourth-order valence-corrected chi connectivity index (χ4v) is 1.99. The Balaban J connectivity index is 2.19. The molecule has 0 saturated carbocycles. The lowest BCUT2D eigenvalue weighted by Crippen LogP contribution is -2.37. The first-order valence-corrected chi connectivity index (χ1v) is 7.78. The number of carbonyl (C=O) groups is 1. The van der Waals surface area contributed by atoms with Gasteiger partial charge in [0.2, 0.25) is 5.91 Å². The standard InChI is InChI=1S/C15H24BrN3O/c1-4-12(2)19(3)10-9-17-11-15(20)18-14-7-5-13(16)6-8-14/h5-8,12,17H,4,9-11H2,1-3H3,(H,18,20). The van der Waals surface area contributed by atoms with Crippen LogP contribution in [0.4, 0.5) is 5.69 Å². The summed E-state index contributed by atoms with van der Waals surface area (Å²) in [5.41, 5.74) is 0.816. The van der Waals surface area contributed by atoms with Crippen molar-refractivity contribution in [2.24, 2.45) is 0 Å². The van der Waals surface area contributed by atoms with Crippen LogP contribution in [0.3, 0.4) is 0 Å². The second kappa shape index (κ2) is 9.10. The smallest absolute Gasteiger partial charge is 0.238 e. The lowest BCUT2D eigenvalue weighted by Gasteiger charge is -2.23. The molecule has 1 rings (SSSR count). The van der Waals surface area contributed by atoms with Gasteiger partial charge in [-0.1, -0.05) is 22.9 Å². The van der Waals surface area contributed by atoms with Crippen molar-refractivity contribution in [3.63, 3.8) is 0 Å². The molecular formula is C15H24BrN3O. The fourth-order valence-electron chi connectivity index (χ4n) is 1.73. The molecule has 0 bridgehead atoms. The van der Waals surface area contributed by atoms with Gasteiger partial charge in [0.1, 0.15) is 0 Å². The number of hydrogen-bond acceptors (Lipinski definition) is 3. The van der Waals surface area contributed by atoms with Gasteiger partial charge in [0.15, 0.2) is 0 Å². The van der Waals surface area contributed by atoms with Crippen molar-refractivity contribution >= 4 is 27.5 Å². The van der Waals surface area contributed by atoms with Crippen molar-refractivity contribution in [3.8, 4) is 0 Å². The van der Waals surface area contributed by atoms with E-state index in [9.17, 15) is 4.79 Å². The molecule has 0 radical (unpaired) electrons. The molecule has 0 aromatic heterocycles. The van der Waals surface area contributed by atoms with Crippen molar-refractivity contribution in [1.82, 2.24) is 10.2 Å². The molecule has 0 spiro atoms. The van der Waals surface area contributed by atoms with Gasteiger partial charge in [0.25, 0.3) is 0 Å². The van der Waals surface area contributed by atoms with E-state index in [0.717, 1.165) is 29.7 Å². The van der Waals surface area contributed by atoms with Crippen molar-refractivity contribution in [1.29, 1.82) is 0 Å². The van der Waals surface area contributed by atoms with E-state index in [1.165, 1.54) is 0 Å². The molecule has 0 saturated heterocycles. The quantitative estimate of drug-likeness (QED) is 0.714. The maximum absolute atomic E-state index is 11.7. The third-order valence-electron chi connectivity index (χ3n) is 3.40. The highest BCUT2D eigenvalue weighted by molar-refractivity contribution is 9.10. The number of likely N-dealkylation sites (N-methyl/N-ethyl adjacent to an activating group) is 1. The van der Waals surface area contributed by atoms with Crippen LogP contribution in [-0.4, -0.2) is 43.5 Å². The number of nitrogens with one attached hydrogen (secondary N) is 2. The number of amides is 1. The highest BCUT2D eigenvalue weighted by Gasteiger charge is 2.06. The van der Waals surface area contributed by atoms with Crippen LogP contribution >= 0.6 is 15.9 Å². The fraction of sp³-hybridized carbons (Fsp3) is 0.533. The average molecular weight is 342 g/mol. The van der Waals surface area contributed by atoms with E-state index >= 15 is 0 Å². The number of halogens is 1. The number of hydrogen-bond donors (Lipinski definition) is 2. The topological polar surface area (TPSA) is 44.4 Å². The Bertz CT molecular complexity index is 408.